The molecule has 2 nitrogen and oxygen atoms in total. The summed E-state index contributed by atoms with van der Waals surface area (Å²) in [5.74, 6) is -0.480. The van der Waals surface area contributed by atoms with Crippen LogP contribution in [0.25, 0.3) is 0 Å². The molecule has 0 unspecified atom stereocenters. The van der Waals surface area contributed by atoms with E-state index < -0.39 is 5.60 Å². The van der Waals surface area contributed by atoms with E-state index in [9.17, 15) is 9.18 Å². The summed E-state index contributed by atoms with van der Waals surface area (Å²) in [6.45, 7) is 0. The molecular formula is C11H10BrFO2. The number of hydrogen-bond acceptors (Lipinski definition) is 2. The highest BCUT2D eigenvalue weighted by molar-refractivity contribution is 9.09. The summed E-state index contributed by atoms with van der Waals surface area (Å²) in [6.07, 6.45) is 1.06. The molecule has 1 heterocycles. The van der Waals surface area contributed by atoms with Gasteiger partial charge in [-0.15, -0.1) is 0 Å². The van der Waals surface area contributed by atoms with E-state index in [0.717, 1.165) is 5.56 Å². The van der Waals surface area contributed by atoms with Crippen molar-refractivity contribution < 1.29 is 13.9 Å². The molecule has 4 heteroatoms. The fraction of sp³-hybridized carbons (Fsp3) is 0.364. The van der Waals surface area contributed by atoms with E-state index >= 15 is 0 Å². The zero-order chi connectivity index (χ0) is 10.9. The fourth-order valence-corrected chi connectivity index (χ4v) is 2.47. The largest absolute Gasteiger partial charge is 0.453 e. The van der Waals surface area contributed by atoms with Gasteiger partial charge in [0.25, 0.3) is 0 Å². The lowest BCUT2D eigenvalue weighted by Crippen LogP contribution is -2.27. The van der Waals surface area contributed by atoms with E-state index in [2.05, 4.69) is 15.9 Å². The maximum Gasteiger partial charge on any atom is 0.306 e. The lowest BCUT2D eigenvalue weighted by Gasteiger charge is -2.25. The van der Waals surface area contributed by atoms with Gasteiger partial charge < -0.3 is 4.74 Å². The zero-order valence-corrected chi connectivity index (χ0v) is 9.59. The van der Waals surface area contributed by atoms with E-state index in [-0.39, 0.29) is 11.8 Å². The van der Waals surface area contributed by atoms with Gasteiger partial charge in [-0.2, -0.15) is 0 Å². The van der Waals surface area contributed by atoms with Crippen LogP contribution in [0.1, 0.15) is 18.4 Å². The predicted molar refractivity (Wildman–Crippen MR) is 57.2 cm³/mol. The summed E-state index contributed by atoms with van der Waals surface area (Å²) in [4.78, 5) is 11.1. The highest BCUT2D eigenvalue weighted by Gasteiger charge is 2.40. The highest BCUT2D eigenvalue weighted by atomic mass is 79.9. The summed E-state index contributed by atoms with van der Waals surface area (Å²) >= 11 is 3.35. The van der Waals surface area contributed by atoms with Crippen molar-refractivity contribution in [3.05, 3.63) is 35.6 Å². The third kappa shape index (κ3) is 1.91. The van der Waals surface area contributed by atoms with Crippen LogP contribution in [0.3, 0.4) is 0 Å². The van der Waals surface area contributed by atoms with Crippen molar-refractivity contribution in [3.63, 3.8) is 0 Å². The normalized spacial score (nSPS) is 25.3. The summed E-state index contributed by atoms with van der Waals surface area (Å²) < 4.78 is 18.1. The van der Waals surface area contributed by atoms with Crippen LogP contribution in [0.2, 0.25) is 0 Å². The summed E-state index contributed by atoms with van der Waals surface area (Å²) in [5, 5.41) is 0.539. The maximum atomic E-state index is 12.8. The SMILES string of the molecule is O=C1CC[C@](CBr)(c2ccc(F)cc2)O1. The number of hydrogen-bond donors (Lipinski definition) is 0. The van der Waals surface area contributed by atoms with Gasteiger partial charge in [-0.3, -0.25) is 4.79 Å². The maximum absolute atomic E-state index is 12.8. The Morgan fingerprint density at radius 2 is 2.07 bits per heavy atom. The molecule has 1 saturated heterocycles. The molecule has 1 aromatic rings. The highest BCUT2D eigenvalue weighted by Crippen LogP contribution is 2.38. The number of alkyl halides is 1. The molecule has 0 N–H and O–H groups in total. The minimum atomic E-state index is -0.606. The van der Waals surface area contributed by atoms with Crippen LogP contribution in [-0.2, 0) is 15.1 Å². The minimum Gasteiger partial charge on any atom is -0.453 e. The second-order valence-corrected chi connectivity index (χ2v) is 4.17. The molecule has 0 saturated carbocycles. The van der Waals surface area contributed by atoms with Gasteiger partial charge in [0.1, 0.15) is 11.4 Å². The first-order valence-electron chi connectivity index (χ1n) is 4.70. The molecule has 0 aromatic heterocycles. The molecule has 0 radical (unpaired) electrons. The molecular weight excluding hydrogens is 263 g/mol. The Morgan fingerprint density at radius 3 is 2.53 bits per heavy atom. The topological polar surface area (TPSA) is 26.3 Å². The van der Waals surface area contributed by atoms with E-state index in [4.69, 9.17) is 4.74 Å². The van der Waals surface area contributed by atoms with Gasteiger partial charge in [-0.1, -0.05) is 28.1 Å². The van der Waals surface area contributed by atoms with Crippen LogP contribution in [0.4, 0.5) is 4.39 Å². The summed E-state index contributed by atoms with van der Waals surface area (Å²) in [5.41, 5.74) is 0.233. The van der Waals surface area contributed by atoms with Gasteiger partial charge in [0.2, 0.25) is 0 Å². The number of carbonyl (C=O) groups is 1. The molecule has 0 amide bonds. The first-order valence-corrected chi connectivity index (χ1v) is 5.82. The summed E-state index contributed by atoms with van der Waals surface area (Å²) in [7, 11) is 0. The minimum absolute atomic E-state index is 0.196. The lowest BCUT2D eigenvalue weighted by atomic mass is 9.93. The molecule has 2 rings (SSSR count). The molecule has 1 aliphatic rings. The monoisotopic (exact) mass is 272 g/mol. The van der Waals surface area contributed by atoms with Crippen molar-refractivity contribution in [2.24, 2.45) is 0 Å². The van der Waals surface area contributed by atoms with Crippen LogP contribution in [-0.4, -0.2) is 11.3 Å². The van der Waals surface area contributed by atoms with Crippen LogP contribution in [0.5, 0.6) is 0 Å². The Morgan fingerprint density at radius 1 is 1.40 bits per heavy atom. The van der Waals surface area contributed by atoms with Crippen molar-refractivity contribution in [3.8, 4) is 0 Å². The lowest BCUT2D eigenvalue weighted by molar-refractivity contribution is -0.147. The third-order valence-electron chi connectivity index (χ3n) is 2.63. The number of rotatable bonds is 2. The van der Waals surface area contributed by atoms with Crippen molar-refractivity contribution >= 4 is 21.9 Å². The molecule has 1 aliphatic heterocycles. The fourth-order valence-electron chi connectivity index (χ4n) is 1.75. The van der Waals surface area contributed by atoms with Gasteiger partial charge in [-0.05, 0) is 17.7 Å². The van der Waals surface area contributed by atoms with E-state index in [1.807, 2.05) is 0 Å². The number of ether oxygens (including phenoxy) is 1. The quantitative estimate of drug-likeness (QED) is 0.611. The molecule has 0 aliphatic carbocycles. The van der Waals surface area contributed by atoms with Crippen LogP contribution < -0.4 is 0 Å². The number of halogens is 2. The Balaban J connectivity index is 2.34. The number of benzene rings is 1. The van der Waals surface area contributed by atoms with Gasteiger partial charge in [0.15, 0.2) is 0 Å². The number of carbonyl (C=O) groups excluding carboxylic acids is 1. The van der Waals surface area contributed by atoms with Gasteiger partial charge in [0, 0.05) is 18.2 Å². The van der Waals surface area contributed by atoms with Gasteiger partial charge in [-0.25, -0.2) is 4.39 Å². The van der Waals surface area contributed by atoms with Crippen molar-refractivity contribution in [1.29, 1.82) is 0 Å². The first-order chi connectivity index (χ1) is 7.16. The smallest absolute Gasteiger partial charge is 0.306 e. The average molecular weight is 273 g/mol. The summed E-state index contributed by atoms with van der Waals surface area (Å²) in [6, 6.07) is 6.09. The Hall–Kier alpha value is -0.900. The van der Waals surface area contributed by atoms with Gasteiger partial charge in [0.05, 0.1) is 0 Å². The molecule has 0 bridgehead atoms. The number of esters is 1. The second kappa shape index (κ2) is 3.93. The van der Waals surface area contributed by atoms with Crippen molar-refractivity contribution in [1.82, 2.24) is 0 Å². The Labute approximate surface area is 95.6 Å². The van der Waals surface area contributed by atoms with Crippen molar-refractivity contribution in [2.45, 2.75) is 18.4 Å². The molecule has 15 heavy (non-hydrogen) atoms. The molecule has 1 fully saturated rings. The van der Waals surface area contributed by atoms with Crippen LogP contribution >= 0.6 is 15.9 Å². The zero-order valence-electron chi connectivity index (χ0n) is 8.00. The van der Waals surface area contributed by atoms with E-state index in [1.54, 1.807) is 12.1 Å². The average Bonchev–Trinajstić information content (AvgIpc) is 2.62. The molecule has 80 valence electrons. The molecule has 0 spiro atoms. The van der Waals surface area contributed by atoms with Gasteiger partial charge >= 0.3 is 5.97 Å². The molecule has 1 atom stereocenters. The predicted octanol–water partition coefficient (Wildman–Crippen LogP) is 2.75. The first kappa shape index (κ1) is 10.6. The number of cyclic esters (lactones) is 1. The van der Waals surface area contributed by atoms with Crippen LogP contribution in [0, 0.1) is 5.82 Å². The molecule has 1 aromatic carbocycles. The third-order valence-corrected chi connectivity index (χ3v) is 3.53. The Kier molecular flexibility index (Phi) is 2.78. The second-order valence-electron chi connectivity index (χ2n) is 3.61. The van der Waals surface area contributed by atoms with Crippen LogP contribution in [0.15, 0.2) is 24.3 Å². The van der Waals surface area contributed by atoms with Crippen molar-refractivity contribution in [2.75, 3.05) is 5.33 Å². The Bertz CT molecular complexity index is 377. The standard InChI is InChI=1S/C11H10BrFO2/c12-7-11(6-5-10(14)15-11)8-1-3-9(13)4-2-8/h1-4H,5-7H2/t11-/m0/s1. The van der Waals surface area contributed by atoms with E-state index in [1.165, 1.54) is 12.1 Å². The van der Waals surface area contributed by atoms with E-state index in [0.29, 0.717) is 18.2 Å².